The lowest BCUT2D eigenvalue weighted by Crippen LogP contribution is -2.50. The van der Waals surface area contributed by atoms with Gasteiger partial charge >= 0.3 is 0 Å². The largest absolute Gasteiger partial charge is 0.330 e. The molecule has 9 heteroatoms. The number of nitrogens with one attached hydrogen (secondary N) is 1. The van der Waals surface area contributed by atoms with Gasteiger partial charge in [-0.15, -0.1) is 0 Å². The molecule has 0 saturated heterocycles. The van der Waals surface area contributed by atoms with Crippen molar-refractivity contribution in [3.8, 4) is 0 Å². The maximum atomic E-state index is 12.3. The molecule has 0 rings (SSSR count). The summed E-state index contributed by atoms with van der Waals surface area (Å²) in [6.45, 7) is 7.19. The topological polar surface area (TPSA) is 166 Å². The van der Waals surface area contributed by atoms with Gasteiger partial charge in [-0.1, -0.05) is 6.42 Å². The van der Waals surface area contributed by atoms with Crippen molar-refractivity contribution in [3.63, 3.8) is 0 Å². The van der Waals surface area contributed by atoms with Gasteiger partial charge < -0.3 is 27.8 Å². The van der Waals surface area contributed by atoms with E-state index in [1.165, 1.54) is 0 Å². The molecule has 1 unspecified atom stereocenters. The van der Waals surface area contributed by atoms with E-state index >= 15 is 0 Å². The number of nitrogens with zero attached hydrogens (tertiary/aromatic N) is 2. The third-order valence-electron chi connectivity index (χ3n) is 4.74. The van der Waals surface area contributed by atoms with Gasteiger partial charge in [-0.3, -0.25) is 15.1 Å². The first kappa shape index (κ1) is 26.2. The zero-order chi connectivity index (χ0) is 20.3. The normalized spacial score (nSPS) is 12.7. The third kappa shape index (κ3) is 13.1. The van der Waals surface area contributed by atoms with Gasteiger partial charge in [0, 0.05) is 13.1 Å². The van der Waals surface area contributed by atoms with E-state index in [9.17, 15) is 4.79 Å². The van der Waals surface area contributed by atoms with Crippen LogP contribution >= 0.6 is 0 Å². The lowest BCUT2D eigenvalue weighted by Gasteiger charge is -2.30. The van der Waals surface area contributed by atoms with E-state index in [2.05, 4.69) is 15.2 Å². The zero-order valence-electron chi connectivity index (χ0n) is 17.1. The molecule has 0 bridgehead atoms. The van der Waals surface area contributed by atoms with Crippen LogP contribution in [-0.2, 0) is 4.79 Å². The summed E-state index contributed by atoms with van der Waals surface area (Å²) >= 11 is 0. The highest BCUT2D eigenvalue weighted by molar-refractivity contribution is 5.81. The first-order chi connectivity index (χ1) is 13.1. The summed E-state index contributed by atoms with van der Waals surface area (Å²) in [5, 5.41) is 0. The Morgan fingerprint density at radius 3 is 1.59 bits per heavy atom. The van der Waals surface area contributed by atoms with Crippen molar-refractivity contribution < 1.29 is 4.79 Å². The lowest BCUT2D eigenvalue weighted by molar-refractivity contribution is -0.127. The second kappa shape index (κ2) is 18.5. The van der Waals surface area contributed by atoms with Crippen molar-refractivity contribution in [2.45, 2.75) is 51.0 Å². The van der Waals surface area contributed by atoms with Gasteiger partial charge in [0.15, 0.2) is 0 Å². The molecule has 162 valence electrons. The Hall–Kier alpha value is -0.810. The molecule has 0 aromatic heterocycles. The summed E-state index contributed by atoms with van der Waals surface area (Å²) in [6.07, 6.45) is 6.46. The van der Waals surface area contributed by atoms with Crippen LogP contribution < -0.4 is 34.2 Å². The third-order valence-corrected chi connectivity index (χ3v) is 4.74. The molecule has 0 aliphatic rings. The van der Waals surface area contributed by atoms with E-state index in [1.54, 1.807) is 0 Å². The standard InChI is InChI=1S/C18H44N8O/c19-8-3-13-25(14-4-9-20)12-2-1-7-17(18(27)24-23)26(15-5-10-21)16-6-11-22/h17H,1-16,19-23H2,(H,24,27). The Labute approximate surface area is 165 Å². The van der Waals surface area contributed by atoms with Gasteiger partial charge in [0.1, 0.15) is 0 Å². The molecule has 0 aliphatic heterocycles. The van der Waals surface area contributed by atoms with Crippen molar-refractivity contribution >= 4 is 5.91 Å². The number of amides is 1. The molecule has 0 heterocycles. The average molecular weight is 389 g/mol. The molecule has 0 aliphatic carbocycles. The minimum atomic E-state index is -0.227. The van der Waals surface area contributed by atoms with Crippen LogP contribution in [0.3, 0.4) is 0 Å². The first-order valence-electron chi connectivity index (χ1n) is 10.4. The highest BCUT2D eigenvalue weighted by atomic mass is 16.2. The van der Waals surface area contributed by atoms with Crippen LogP contribution in [0.25, 0.3) is 0 Å². The molecule has 1 amide bonds. The molecule has 0 radical (unpaired) electrons. The highest BCUT2D eigenvalue weighted by Gasteiger charge is 2.24. The van der Waals surface area contributed by atoms with Crippen molar-refractivity contribution in [2.24, 2.45) is 28.8 Å². The van der Waals surface area contributed by atoms with Gasteiger partial charge in [-0.2, -0.15) is 0 Å². The van der Waals surface area contributed by atoms with E-state index in [1.807, 2.05) is 0 Å². The fourth-order valence-electron chi connectivity index (χ4n) is 3.23. The van der Waals surface area contributed by atoms with Crippen molar-refractivity contribution in [2.75, 3.05) is 58.9 Å². The smallest absolute Gasteiger partial charge is 0.251 e. The van der Waals surface area contributed by atoms with E-state index in [0.717, 1.165) is 77.7 Å². The quantitative estimate of drug-likeness (QED) is 0.0674. The second-order valence-corrected chi connectivity index (χ2v) is 6.97. The van der Waals surface area contributed by atoms with Crippen LogP contribution in [0.1, 0.15) is 44.9 Å². The molecule has 0 spiro atoms. The van der Waals surface area contributed by atoms with Crippen LogP contribution in [-0.4, -0.2) is 80.7 Å². The van der Waals surface area contributed by atoms with Crippen LogP contribution in [0, 0.1) is 0 Å². The zero-order valence-corrected chi connectivity index (χ0v) is 17.1. The van der Waals surface area contributed by atoms with Crippen LogP contribution in [0.4, 0.5) is 0 Å². The van der Waals surface area contributed by atoms with Gasteiger partial charge in [-0.05, 0) is 84.3 Å². The Kier molecular flexibility index (Phi) is 18.0. The summed E-state index contributed by atoms with van der Waals surface area (Å²) in [5.74, 6) is 5.29. The maximum Gasteiger partial charge on any atom is 0.251 e. The van der Waals surface area contributed by atoms with Crippen molar-refractivity contribution in [1.29, 1.82) is 0 Å². The van der Waals surface area contributed by atoms with Crippen LogP contribution in [0.15, 0.2) is 0 Å². The van der Waals surface area contributed by atoms with E-state index < -0.39 is 0 Å². The number of carbonyl (C=O) groups excluding carboxylic acids is 1. The molecule has 1 atom stereocenters. The minimum absolute atomic E-state index is 0.132. The monoisotopic (exact) mass is 388 g/mol. The number of carbonyl (C=O) groups is 1. The average Bonchev–Trinajstić information content (AvgIpc) is 2.69. The second-order valence-electron chi connectivity index (χ2n) is 6.97. The summed E-state index contributed by atoms with van der Waals surface area (Å²) < 4.78 is 0. The van der Waals surface area contributed by atoms with E-state index in [4.69, 9.17) is 28.8 Å². The highest BCUT2D eigenvalue weighted by Crippen LogP contribution is 2.12. The molecular weight excluding hydrogens is 344 g/mol. The minimum Gasteiger partial charge on any atom is -0.330 e. The summed E-state index contributed by atoms with van der Waals surface area (Å²) in [6, 6.07) is -0.227. The number of hydrazine groups is 1. The first-order valence-corrected chi connectivity index (χ1v) is 10.4. The van der Waals surface area contributed by atoms with Gasteiger partial charge in [0.05, 0.1) is 6.04 Å². The molecule has 11 N–H and O–H groups in total. The Morgan fingerprint density at radius 1 is 0.704 bits per heavy atom. The number of hydrogen-bond donors (Lipinski definition) is 6. The van der Waals surface area contributed by atoms with Gasteiger partial charge in [-0.25, -0.2) is 5.84 Å². The SMILES string of the molecule is NCCCN(CCCN)CCCCC(C(=O)NN)N(CCCN)CCCN. The van der Waals surface area contributed by atoms with Crippen molar-refractivity contribution in [1.82, 2.24) is 15.2 Å². The predicted molar refractivity (Wildman–Crippen MR) is 113 cm³/mol. The number of rotatable bonds is 19. The molecule has 0 aromatic carbocycles. The van der Waals surface area contributed by atoms with E-state index in [-0.39, 0.29) is 11.9 Å². The molecule has 0 aromatic rings. The summed E-state index contributed by atoms with van der Waals surface area (Å²) in [5.41, 5.74) is 24.9. The fraction of sp³-hybridized carbons (Fsp3) is 0.944. The number of unbranched alkanes of at least 4 members (excludes halogenated alkanes) is 1. The summed E-state index contributed by atoms with van der Waals surface area (Å²) in [7, 11) is 0. The Morgan fingerprint density at radius 2 is 1.15 bits per heavy atom. The maximum absolute atomic E-state index is 12.3. The van der Waals surface area contributed by atoms with Crippen LogP contribution in [0.2, 0.25) is 0 Å². The van der Waals surface area contributed by atoms with Gasteiger partial charge in [0.25, 0.3) is 5.91 Å². The fourth-order valence-corrected chi connectivity index (χ4v) is 3.23. The lowest BCUT2D eigenvalue weighted by atomic mass is 10.1. The molecule has 0 saturated carbocycles. The Bertz CT molecular complexity index is 329. The summed E-state index contributed by atoms with van der Waals surface area (Å²) in [4.78, 5) is 16.9. The molecule has 0 fully saturated rings. The van der Waals surface area contributed by atoms with Crippen LogP contribution in [0.5, 0.6) is 0 Å². The van der Waals surface area contributed by atoms with Crippen molar-refractivity contribution in [3.05, 3.63) is 0 Å². The molecule has 9 nitrogen and oxygen atoms in total. The molecular formula is C18H44N8O. The molecule has 27 heavy (non-hydrogen) atoms. The number of nitrogens with two attached hydrogens (primary N) is 5. The van der Waals surface area contributed by atoms with E-state index in [0.29, 0.717) is 26.2 Å². The predicted octanol–water partition coefficient (Wildman–Crippen LogP) is -1.49. The van der Waals surface area contributed by atoms with Gasteiger partial charge in [0.2, 0.25) is 0 Å². The Balaban J connectivity index is 4.57. The number of hydrogen-bond acceptors (Lipinski definition) is 8.